The summed E-state index contributed by atoms with van der Waals surface area (Å²) in [6, 6.07) is 13.7. The Labute approximate surface area is 148 Å². The Kier molecular flexibility index (Phi) is 5.30. The largest absolute Gasteiger partial charge is 0.345 e. The average molecular weight is 334 g/mol. The van der Waals surface area contributed by atoms with Gasteiger partial charge in [0.05, 0.1) is 11.7 Å². The van der Waals surface area contributed by atoms with Crippen molar-refractivity contribution < 1.29 is 4.79 Å². The van der Waals surface area contributed by atoms with Crippen molar-refractivity contribution in [2.45, 2.75) is 45.2 Å². The van der Waals surface area contributed by atoms with Crippen molar-refractivity contribution >= 4 is 12.0 Å². The molecule has 2 heterocycles. The molecule has 1 aromatic heterocycles. The normalized spacial score (nSPS) is 15.1. The average Bonchev–Trinajstić information content (AvgIpc) is 3.07. The van der Waals surface area contributed by atoms with Gasteiger partial charge in [0, 0.05) is 12.2 Å². The lowest BCUT2D eigenvalue weighted by atomic mass is 10.0. The molecule has 0 spiro atoms. The number of aromatic nitrogens is 2. The Hall–Kier alpha value is -2.87. The molecule has 0 aliphatic carbocycles. The maximum absolute atomic E-state index is 12.5. The van der Waals surface area contributed by atoms with E-state index in [0.29, 0.717) is 5.69 Å². The molecule has 2 aromatic rings. The van der Waals surface area contributed by atoms with Crippen LogP contribution in [0.4, 0.5) is 0 Å². The molecule has 0 radical (unpaired) electrons. The minimum atomic E-state index is -0.357. The number of rotatable bonds is 5. The van der Waals surface area contributed by atoms with Crippen molar-refractivity contribution in [2.75, 3.05) is 0 Å². The number of nitriles is 1. The van der Waals surface area contributed by atoms with E-state index in [9.17, 15) is 10.1 Å². The monoisotopic (exact) mass is 334 g/mol. The molecule has 3 rings (SSSR count). The van der Waals surface area contributed by atoms with Gasteiger partial charge in [0.2, 0.25) is 0 Å². The van der Waals surface area contributed by atoms with Crippen LogP contribution in [-0.4, -0.2) is 15.7 Å². The Morgan fingerprint density at radius 2 is 2.20 bits per heavy atom. The van der Waals surface area contributed by atoms with Crippen LogP contribution in [0.5, 0.6) is 0 Å². The summed E-state index contributed by atoms with van der Waals surface area (Å²) in [5.74, 6) is -0.357. The first-order valence-corrected chi connectivity index (χ1v) is 8.75. The fraction of sp³-hybridized carbons (Fsp3) is 0.350. The van der Waals surface area contributed by atoms with E-state index in [2.05, 4.69) is 10.4 Å². The van der Waals surface area contributed by atoms with Gasteiger partial charge in [-0.3, -0.25) is 9.48 Å². The van der Waals surface area contributed by atoms with E-state index in [1.807, 2.05) is 54.1 Å². The van der Waals surface area contributed by atoms with E-state index in [0.717, 1.165) is 37.8 Å². The molecule has 1 aliphatic rings. The number of carbonyl (C=O) groups excluding carboxylic acids is 1. The van der Waals surface area contributed by atoms with Crippen LogP contribution in [0.15, 0.2) is 42.0 Å². The highest BCUT2D eigenvalue weighted by Crippen LogP contribution is 2.19. The number of benzene rings is 1. The van der Waals surface area contributed by atoms with Gasteiger partial charge in [0.1, 0.15) is 11.6 Å². The topological polar surface area (TPSA) is 70.7 Å². The molecular weight excluding hydrogens is 312 g/mol. The van der Waals surface area contributed by atoms with Crippen LogP contribution in [0.1, 0.15) is 49.2 Å². The molecule has 0 saturated heterocycles. The van der Waals surface area contributed by atoms with E-state index in [1.165, 1.54) is 5.69 Å². The molecule has 5 heteroatoms. The zero-order valence-corrected chi connectivity index (χ0v) is 14.4. The van der Waals surface area contributed by atoms with Gasteiger partial charge in [0.25, 0.3) is 5.91 Å². The maximum atomic E-state index is 12.5. The van der Waals surface area contributed by atoms with Crippen LogP contribution in [-0.2, 0) is 17.8 Å². The molecule has 1 N–H and O–H groups in total. The van der Waals surface area contributed by atoms with Gasteiger partial charge in [-0.15, -0.1) is 0 Å². The quantitative estimate of drug-likeness (QED) is 0.673. The molecule has 0 bridgehead atoms. The second kappa shape index (κ2) is 7.80. The number of amides is 1. The number of hydrogen-bond acceptors (Lipinski definition) is 3. The Morgan fingerprint density at radius 3 is 2.88 bits per heavy atom. The van der Waals surface area contributed by atoms with Gasteiger partial charge in [0.15, 0.2) is 0 Å². The first-order chi connectivity index (χ1) is 12.2. The summed E-state index contributed by atoms with van der Waals surface area (Å²) in [6.07, 6.45) is 5.63. The van der Waals surface area contributed by atoms with Crippen molar-refractivity contribution in [1.29, 1.82) is 5.26 Å². The number of aryl methyl sites for hydroxylation is 2. The minimum Gasteiger partial charge on any atom is -0.345 e. The maximum Gasteiger partial charge on any atom is 0.262 e. The van der Waals surface area contributed by atoms with Crippen LogP contribution in [0.2, 0.25) is 0 Å². The van der Waals surface area contributed by atoms with Crippen LogP contribution in [0.25, 0.3) is 6.08 Å². The summed E-state index contributed by atoms with van der Waals surface area (Å²) in [4.78, 5) is 12.5. The van der Waals surface area contributed by atoms with E-state index >= 15 is 0 Å². The molecule has 1 amide bonds. The summed E-state index contributed by atoms with van der Waals surface area (Å²) in [5, 5.41) is 16.8. The molecule has 5 nitrogen and oxygen atoms in total. The Balaban J connectivity index is 1.77. The summed E-state index contributed by atoms with van der Waals surface area (Å²) in [6.45, 7) is 2.92. The molecule has 1 atom stereocenters. The second-order valence-electron chi connectivity index (χ2n) is 6.26. The molecule has 1 aliphatic heterocycles. The van der Waals surface area contributed by atoms with E-state index < -0.39 is 0 Å². The number of nitrogens with zero attached hydrogens (tertiary/aromatic N) is 3. The third kappa shape index (κ3) is 3.97. The van der Waals surface area contributed by atoms with E-state index in [4.69, 9.17) is 0 Å². The fourth-order valence-electron chi connectivity index (χ4n) is 3.15. The van der Waals surface area contributed by atoms with E-state index in [-0.39, 0.29) is 17.5 Å². The molecular formula is C20H22N4O. The smallest absolute Gasteiger partial charge is 0.262 e. The lowest BCUT2D eigenvalue weighted by molar-refractivity contribution is -0.117. The fourth-order valence-corrected chi connectivity index (χ4v) is 3.15. The molecule has 1 unspecified atom stereocenters. The van der Waals surface area contributed by atoms with Crippen molar-refractivity contribution in [3.63, 3.8) is 0 Å². The van der Waals surface area contributed by atoms with Crippen molar-refractivity contribution in [1.82, 2.24) is 15.1 Å². The molecule has 1 aromatic carbocycles. The van der Waals surface area contributed by atoms with Crippen molar-refractivity contribution in [3.05, 3.63) is 58.9 Å². The third-order valence-electron chi connectivity index (χ3n) is 4.51. The van der Waals surface area contributed by atoms with Gasteiger partial charge < -0.3 is 5.32 Å². The van der Waals surface area contributed by atoms with Crippen LogP contribution >= 0.6 is 0 Å². The van der Waals surface area contributed by atoms with Crippen LogP contribution in [0, 0.1) is 11.3 Å². The van der Waals surface area contributed by atoms with Crippen LogP contribution in [0.3, 0.4) is 0 Å². The molecule has 0 saturated carbocycles. The second-order valence-corrected chi connectivity index (χ2v) is 6.26. The summed E-state index contributed by atoms with van der Waals surface area (Å²) in [5.41, 5.74) is 2.97. The minimum absolute atomic E-state index is 0.0878. The first kappa shape index (κ1) is 17.0. The Morgan fingerprint density at radius 1 is 1.40 bits per heavy atom. The number of fused-ring (bicyclic) bond motifs is 1. The Bertz CT molecular complexity index is 790. The first-order valence-electron chi connectivity index (χ1n) is 8.75. The van der Waals surface area contributed by atoms with Gasteiger partial charge in [-0.1, -0.05) is 37.3 Å². The molecule has 0 fully saturated rings. The summed E-state index contributed by atoms with van der Waals surface area (Å²) >= 11 is 0. The lowest BCUT2D eigenvalue weighted by Gasteiger charge is -2.17. The highest BCUT2D eigenvalue weighted by molar-refractivity contribution is 6.01. The standard InChI is InChI=1S/C20H22N4O/c1-2-19(15-8-4-3-5-9-15)22-20(25)16(14-21)12-17-13-18-10-6-7-11-24(18)23-17/h3-5,8-9,12-13,19H,2,6-7,10-11H2,1H3,(H,22,25)/b16-12-. The number of nitrogens with one attached hydrogen (secondary N) is 1. The lowest BCUT2D eigenvalue weighted by Crippen LogP contribution is -2.29. The predicted octanol–water partition coefficient (Wildman–Crippen LogP) is 3.39. The zero-order valence-electron chi connectivity index (χ0n) is 14.4. The zero-order chi connectivity index (χ0) is 17.6. The van der Waals surface area contributed by atoms with Gasteiger partial charge in [-0.25, -0.2) is 0 Å². The van der Waals surface area contributed by atoms with Crippen molar-refractivity contribution in [3.8, 4) is 6.07 Å². The summed E-state index contributed by atoms with van der Waals surface area (Å²) < 4.78 is 1.97. The van der Waals surface area contributed by atoms with E-state index in [1.54, 1.807) is 6.08 Å². The SMILES string of the molecule is CCC(NC(=O)/C(C#N)=C\c1cc2n(n1)CCCC2)c1ccccc1. The number of hydrogen-bond donors (Lipinski definition) is 1. The summed E-state index contributed by atoms with van der Waals surface area (Å²) in [7, 11) is 0. The highest BCUT2D eigenvalue weighted by atomic mass is 16.1. The predicted molar refractivity (Wildman–Crippen MR) is 96.4 cm³/mol. The van der Waals surface area contributed by atoms with Crippen LogP contribution < -0.4 is 5.32 Å². The molecule has 128 valence electrons. The van der Waals surface area contributed by atoms with Gasteiger partial charge in [-0.2, -0.15) is 10.4 Å². The highest BCUT2D eigenvalue weighted by Gasteiger charge is 2.17. The van der Waals surface area contributed by atoms with Gasteiger partial charge >= 0.3 is 0 Å². The molecule has 25 heavy (non-hydrogen) atoms. The van der Waals surface area contributed by atoms with Crippen molar-refractivity contribution in [2.24, 2.45) is 0 Å². The van der Waals surface area contributed by atoms with Gasteiger partial charge in [-0.05, 0) is 43.4 Å². The third-order valence-corrected chi connectivity index (χ3v) is 4.51. The number of carbonyl (C=O) groups is 1.